The molecule has 4 atom stereocenters. The maximum absolute atomic E-state index is 14.4. The van der Waals surface area contributed by atoms with Crippen molar-refractivity contribution in [2.45, 2.75) is 103 Å². The lowest BCUT2D eigenvalue weighted by atomic mass is 9.85. The Morgan fingerprint density at radius 3 is 2.47 bits per heavy atom. The van der Waals surface area contributed by atoms with E-state index in [9.17, 15) is 29.2 Å². The fraction of sp³-hybridized carbons (Fsp3) is 0.606. The van der Waals surface area contributed by atoms with Crippen LogP contribution < -0.4 is 10.6 Å². The molecular formula is C33H40ClN5O6. The van der Waals surface area contributed by atoms with Gasteiger partial charge in [0.1, 0.15) is 17.5 Å². The van der Waals surface area contributed by atoms with E-state index in [4.69, 9.17) is 16.4 Å². The van der Waals surface area contributed by atoms with Crippen LogP contribution in [0.4, 0.5) is 0 Å². The highest BCUT2D eigenvalue weighted by Crippen LogP contribution is 2.46. The number of nitrogens with zero attached hydrogens (tertiary/aromatic N) is 3. The van der Waals surface area contributed by atoms with E-state index in [1.54, 1.807) is 45.9 Å². The number of Topliss-reactive ketones (excluding diaryl/α,β-unsaturated/α-hetero) is 2. The van der Waals surface area contributed by atoms with Crippen molar-refractivity contribution in [3.63, 3.8) is 0 Å². The zero-order valence-electron chi connectivity index (χ0n) is 26.2. The van der Waals surface area contributed by atoms with Gasteiger partial charge in [-0.3, -0.25) is 24.0 Å². The van der Waals surface area contributed by atoms with Crippen LogP contribution in [-0.2, 0) is 28.8 Å². The molecule has 4 aliphatic rings. The number of rotatable bonds is 11. The number of ketones is 2. The third-order valence-electron chi connectivity index (χ3n) is 9.26. The lowest BCUT2D eigenvalue weighted by molar-refractivity contribution is -0.145. The number of carbonyl (C=O) groups is 5. The van der Waals surface area contributed by atoms with Gasteiger partial charge in [-0.2, -0.15) is 5.26 Å². The summed E-state index contributed by atoms with van der Waals surface area (Å²) in [6.07, 6.45) is 3.45. The molecule has 0 bridgehead atoms. The van der Waals surface area contributed by atoms with Gasteiger partial charge in [0.15, 0.2) is 11.4 Å². The number of amides is 3. The number of likely N-dealkylation sites (tertiary alicyclic amines) is 1. The monoisotopic (exact) mass is 637 g/mol. The highest BCUT2D eigenvalue weighted by atomic mass is 35.5. The minimum absolute atomic E-state index is 0.00153. The predicted octanol–water partition coefficient (Wildman–Crippen LogP) is 3.47. The van der Waals surface area contributed by atoms with Crippen molar-refractivity contribution >= 4 is 46.6 Å². The van der Waals surface area contributed by atoms with Crippen molar-refractivity contribution in [3.8, 4) is 6.07 Å². The Kier molecular flexibility index (Phi) is 8.84. The smallest absolute Gasteiger partial charge is 0.246 e. The van der Waals surface area contributed by atoms with Gasteiger partial charge in [0, 0.05) is 29.8 Å². The molecule has 0 aromatic heterocycles. The number of hydrogen-bond acceptors (Lipinski definition) is 8. The number of hydrogen-bond donors (Lipinski definition) is 2. The van der Waals surface area contributed by atoms with Crippen LogP contribution in [0.3, 0.4) is 0 Å². The van der Waals surface area contributed by atoms with Crippen LogP contribution in [0.2, 0.25) is 5.02 Å². The number of halogens is 1. The molecule has 0 radical (unpaired) electrons. The minimum Gasteiger partial charge on any atom is -0.387 e. The first-order valence-corrected chi connectivity index (χ1v) is 16.0. The van der Waals surface area contributed by atoms with Crippen LogP contribution in [-0.4, -0.2) is 70.2 Å². The van der Waals surface area contributed by atoms with Crippen molar-refractivity contribution in [1.82, 2.24) is 15.5 Å². The summed E-state index contributed by atoms with van der Waals surface area (Å²) in [5.41, 5.74) is -1.59. The van der Waals surface area contributed by atoms with Gasteiger partial charge in [-0.15, -0.1) is 0 Å². The normalized spacial score (nSPS) is 24.6. The summed E-state index contributed by atoms with van der Waals surface area (Å²) in [6, 6.07) is 6.12. The fourth-order valence-corrected chi connectivity index (χ4v) is 6.30. The summed E-state index contributed by atoms with van der Waals surface area (Å²) in [5, 5.41) is 20.1. The predicted molar refractivity (Wildman–Crippen MR) is 165 cm³/mol. The zero-order chi connectivity index (χ0) is 32.7. The van der Waals surface area contributed by atoms with E-state index in [2.05, 4.69) is 21.9 Å². The van der Waals surface area contributed by atoms with Crippen LogP contribution in [0.1, 0.15) is 84.6 Å². The first-order valence-electron chi connectivity index (χ1n) is 15.6. The third kappa shape index (κ3) is 6.91. The Balaban J connectivity index is 1.43. The molecule has 1 spiro atoms. The minimum atomic E-state index is -1.15. The molecule has 3 fully saturated rings. The van der Waals surface area contributed by atoms with Crippen molar-refractivity contribution in [1.29, 1.82) is 5.26 Å². The van der Waals surface area contributed by atoms with E-state index in [1.165, 1.54) is 4.90 Å². The molecule has 1 aromatic carbocycles. The van der Waals surface area contributed by atoms with E-state index >= 15 is 0 Å². The molecule has 1 saturated heterocycles. The Labute approximate surface area is 268 Å². The van der Waals surface area contributed by atoms with E-state index in [-0.39, 0.29) is 25.3 Å². The summed E-state index contributed by atoms with van der Waals surface area (Å²) in [7, 11) is 0. The van der Waals surface area contributed by atoms with Gasteiger partial charge in [-0.05, 0) is 42.7 Å². The fourth-order valence-electron chi connectivity index (χ4n) is 6.11. The van der Waals surface area contributed by atoms with Gasteiger partial charge in [-0.1, -0.05) is 69.4 Å². The largest absolute Gasteiger partial charge is 0.387 e. The number of nitrogens with one attached hydrogen (secondary N) is 2. The van der Waals surface area contributed by atoms with Gasteiger partial charge in [0.2, 0.25) is 23.5 Å². The summed E-state index contributed by atoms with van der Waals surface area (Å²) < 4.78 is 0. The summed E-state index contributed by atoms with van der Waals surface area (Å²) >= 11 is 6.21. The quantitative estimate of drug-likeness (QED) is 0.352. The highest BCUT2D eigenvalue weighted by molar-refractivity contribution is 6.39. The van der Waals surface area contributed by atoms with Crippen LogP contribution in [0.15, 0.2) is 29.4 Å². The van der Waals surface area contributed by atoms with Crippen molar-refractivity contribution in [2.75, 3.05) is 6.54 Å². The maximum Gasteiger partial charge on any atom is 0.246 e. The highest BCUT2D eigenvalue weighted by Gasteiger charge is 2.57. The number of carbonyl (C=O) groups excluding carboxylic acids is 5. The lowest BCUT2D eigenvalue weighted by Gasteiger charge is -2.36. The molecule has 2 saturated carbocycles. The van der Waals surface area contributed by atoms with Crippen LogP contribution >= 0.6 is 11.6 Å². The summed E-state index contributed by atoms with van der Waals surface area (Å²) in [6.45, 7) is 7.01. The molecule has 11 nitrogen and oxygen atoms in total. The van der Waals surface area contributed by atoms with Crippen molar-refractivity contribution in [2.24, 2.45) is 21.9 Å². The second kappa shape index (κ2) is 12.2. The van der Waals surface area contributed by atoms with Gasteiger partial charge >= 0.3 is 0 Å². The summed E-state index contributed by atoms with van der Waals surface area (Å²) in [4.78, 5) is 74.3. The number of benzene rings is 1. The van der Waals surface area contributed by atoms with Gasteiger partial charge in [0.05, 0.1) is 24.4 Å². The Bertz CT molecular complexity index is 1490. The molecule has 2 heterocycles. The van der Waals surface area contributed by atoms with E-state index in [1.807, 2.05) is 6.07 Å². The molecule has 3 amide bonds. The first-order chi connectivity index (χ1) is 21.2. The molecule has 2 aliphatic carbocycles. The Morgan fingerprint density at radius 1 is 1.18 bits per heavy atom. The third-order valence-corrected chi connectivity index (χ3v) is 9.50. The first kappa shape index (κ1) is 32.6. The van der Waals surface area contributed by atoms with Crippen molar-refractivity contribution < 1.29 is 28.8 Å². The van der Waals surface area contributed by atoms with Gasteiger partial charge in [-0.25, -0.2) is 0 Å². The average molecular weight is 638 g/mol. The molecule has 1 aromatic rings. The lowest BCUT2D eigenvalue weighted by Crippen LogP contribution is -2.59. The molecule has 0 unspecified atom stereocenters. The number of oxime groups is 1. The molecule has 45 heavy (non-hydrogen) atoms. The second-order valence-electron chi connectivity index (χ2n) is 14.0. The Morgan fingerprint density at radius 2 is 1.89 bits per heavy atom. The number of nitriles is 1. The molecule has 2 N–H and O–H groups in total. The topological polar surface area (TPSA) is 158 Å². The molecule has 240 valence electrons. The summed E-state index contributed by atoms with van der Waals surface area (Å²) in [5.74, 6) is -2.53. The standard InChI is InChI=1S/C33H40ClN5O6/c1-5-25(40)26(41)22(13-19-9-10-19)36-28(42)24-16-33(15-23(38-45-33)20-7-6-8-21(34)14-20)18-39(24)29(43)27(31(2,3)4)37-30(44)32(17-35)11-12-32/h6-8,14,19,22,24,27H,5,9-13,15-16,18H2,1-4H3,(H,36,42)(H,37,44)/t22-,24-,27+,33+/m0/s1. The maximum atomic E-state index is 14.4. The zero-order valence-corrected chi connectivity index (χ0v) is 26.9. The Hall–Kier alpha value is -3.78. The van der Waals surface area contributed by atoms with E-state index < -0.39 is 63.8 Å². The molecule has 12 heteroatoms. The average Bonchev–Trinajstić information content (AvgIpc) is 3.92. The molecular weight excluding hydrogens is 598 g/mol. The van der Waals surface area contributed by atoms with E-state index in [0.717, 1.165) is 18.4 Å². The van der Waals surface area contributed by atoms with Crippen LogP contribution in [0.5, 0.6) is 0 Å². The second-order valence-corrected chi connectivity index (χ2v) is 14.5. The molecule has 5 rings (SSSR count). The van der Waals surface area contributed by atoms with E-state index in [0.29, 0.717) is 36.4 Å². The van der Waals surface area contributed by atoms with Crippen LogP contribution in [0, 0.1) is 28.1 Å². The van der Waals surface area contributed by atoms with Gasteiger partial charge < -0.3 is 20.4 Å². The SMILES string of the molecule is CCC(=O)C(=O)[C@H](CC1CC1)NC(=O)[C@@H]1C[C@]2(CC(c3cccc(Cl)c3)=NO2)CN1C(=O)[C@@H](NC(=O)C1(C#N)CC1)C(C)(C)C. The van der Waals surface area contributed by atoms with Gasteiger partial charge in [0.25, 0.3) is 0 Å². The van der Waals surface area contributed by atoms with Crippen molar-refractivity contribution in [3.05, 3.63) is 34.9 Å². The molecule has 2 aliphatic heterocycles. The van der Waals surface area contributed by atoms with Crippen LogP contribution in [0.25, 0.3) is 0 Å².